The molecular formula is C71H138O17P2. The van der Waals surface area contributed by atoms with Gasteiger partial charge in [-0.2, -0.15) is 0 Å². The van der Waals surface area contributed by atoms with Gasteiger partial charge in [0.1, 0.15) is 19.3 Å². The lowest BCUT2D eigenvalue weighted by Gasteiger charge is -2.21. The average Bonchev–Trinajstić information content (AvgIpc) is 3.60. The molecule has 0 saturated heterocycles. The van der Waals surface area contributed by atoms with Gasteiger partial charge >= 0.3 is 39.5 Å². The number of rotatable bonds is 72. The third-order valence-corrected chi connectivity index (χ3v) is 18.5. The molecule has 0 rings (SSSR count). The van der Waals surface area contributed by atoms with E-state index in [1.165, 1.54) is 199 Å². The van der Waals surface area contributed by atoms with Crippen LogP contribution < -0.4 is 0 Å². The van der Waals surface area contributed by atoms with Crippen molar-refractivity contribution in [1.82, 2.24) is 0 Å². The standard InChI is InChI=1S/C71H138O17P2/c1-5-9-13-17-20-23-26-29-31-32-33-34-37-40-43-46-50-54-58-71(76)88-67(62-82-69(74)56-52-48-44-41-38-36-30-27-24-21-18-14-10-6-2)64-86-90(79,80)84-60-65(72)59-83-89(77,78)85-63-66(61-81-68(73)55-51-47-16-12-8-4)87-70(75)57-53-49-45-42-39-35-28-25-22-19-15-11-7-3/h65-67,72H,5-64H2,1-4H3,(H,77,78)(H,79,80)/t65-,66+,67+/m0/s1. The normalized spacial score (nSPS) is 14.0. The van der Waals surface area contributed by atoms with Crippen LogP contribution in [-0.4, -0.2) is 96.7 Å². The van der Waals surface area contributed by atoms with E-state index < -0.39 is 97.5 Å². The molecule has 3 N–H and O–H groups in total. The molecule has 0 heterocycles. The van der Waals surface area contributed by atoms with E-state index in [0.717, 1.165) is 96.3 Å². The number of ether oxygens (including phenoxy) is 4. The molecule has 5 atom stereocenters. The number of hydrogen-bond acceptors (Lipinski definition) is 15. The fourth-order valence-corrected chi connectivity index (χ4v) is 12.4. The second kappa shape index (κ2) is 65.7. The number of aliphatic hydroxyl groups is 1. The number of carbonyl (C=O) groups excluding carboxylic acids is 4. The largest absolute Gasteiger partial charge is 0.472 e. The Morgan fingerprint density at radius 3 is 0.656 bits per heavy atom. The third kappa shape index (κ3) is 64.8. The van der Waals surface area contributed by atoms with Gasteiger partial charge in [0, 0.05) is 25.7 Å². The zero-order valence-electron chi connectivity index (χ0n) is 58.1. The molecule has 0 bridgehead atoms. The fourth-order valence-electron chi connectivity index (χ4n) is 10.9. The number of phosphoric ester groups is 2. The van der Waals surface area contributed by atoms with Gasteiger partial charge in [-0.25, -0.2) is 9.13 Å². The molecule has 0 aliphatic carbocycles. The maximum absolute atomic E-state index is 13.0. The van der Waals surface area contributed by atoms with Crippen molar-refractivity contribution in [2.24, 2.45) is 0 Å². The summed E-state index contributed by atoms with van der Waals surface area (Å²) in [6.45, 7) is 4.87. The van der Waals surface area contributed by atoms with Gasteiger partial charge in [0.25, 0.3) is 0 Å². The number of aliphatic hydroxyl groups excluding tert-OH is 1. The topological polar surface area (TPSA) is 237 Å². The van der Waals surface area contributed by atoms with Crippen LogP contribution in [0.3, 0.4) is 0 Å². The predicted octanol–water partition coefficient (Wildman–Crippen LogP) is 20.7. The molecule has 90 heavy (non-hydrogen) atoms. The van der Waals surface area contributed by atoms with E-state index in [-0.39, 0.29) is 25.7 Å². The highest BCUT2D eigenvalue weighted by Crippen LogP contribution is 2.45. The Kier molecular flexibility index (Phi) is 64.3. The molecule has 19 heteroatoms. The van der Waals surface area contributed by atoms with Crippen LogP contribution in [-0.2, 0) is 65.4 Å². The van der Waals surface area contributed by atoms with E-state index in [2.05, 4.69) is 27.7 Å². The average molecular weight is 1330 g/mol. The Bertz CT molecular complexity index is 1720. The first kappa shape index (κ1) is 88.1. The maximum atomic E-state index is 13.0. The molecule has 0 aliphatic rings. The van der Waals surface area contributed by atoms with E-state index in [9.17, 15) is 43.2 Å². The number of esters is 4. The van der Waals surface area contributed by atoms with E-state index >= 15 is 0 Å². The minimum absolute atomic E-state index is 0.107. The van der Waals surface area contributed by atoms with E-state index in [0.29, 0.717) is 25.7 Å². The van der Waals surface area contributed by atoms with Gasteiger partial charge in [-0.1, -0.05) is 323 Å². The van der Waals surface area contributed by atoms with Crippen molar-refractivity contribution in [3.8, 4) is 0 Å². The van der Waals surface area contributed by atoms with Crippen LogP contribution in [0.4, 0.5) is 0 Å². The summed E-state index contributed by atoms with van der Waals surface area (Å²) in [5.74, 6) is -2.13. The SMILES string of the molecule is CCCCCCCCCCCCCCCCCCCCC(=O)O[C@H](COC(=O)CCCCCCCCCCCCCCCC)COP(=O)(O)OC[C@@H](O)COP(=O)(O)OC[C@@H](COC(=O)CCCCCCC)OC(=O)CCCCCCCCCCCCCCC. The first-order valence-corrected chi connectivity index (χ1v) is 40.3. The monoisotopic (exact) mass is 1320 g/mol. The molecule has 0 amide bonds. The number of phosphoric acid groups is 2. The summed E-state index contributed by atoms with van der Waals surface area (Å²) in [7, 11) is -9.89. The lowest BCUT2D eigenvalue weighted by molar-refractivity contribution is -0.161. The van der Waals surface area contributed by atoms with Crippen molar-refractivity contribution in [3.63, 3.8) is 0 Å². The third-order valence-electron chi connectivity index (χ3n) is 16.6. The first-order chi connectivity index (χ1) is 43.7. The summed E-state index contributed by atoms with van der Waals surface area (Å²) < 4.78 is 68.1. The molecule has 0 radical (unpaired) electrons. The van der Waals surface area contributed by atoms with Crippen LogP contribution >= 0.6 is 15.6 Å². The Hall–Kier alpha value is -1.94. The minimum Gasteiger partial charge on any atom is -0.462 e. The molecule has 0 aromatic carbocycles. The van der Waals surface area contributed by atoms with Gasteiger partial charge in [0.05, 0.1) is 26.4 Å². The number of carbonyl (C=O) groups is 4. The van der Waals surface area contributed by atoms with Crippen LogP contribution in [0.1, 0.15) is 374 Å². The first-order valence-electron chi connectivity index (χ1n) is 37.3. The highest BCUT2D eigenvalue weighted by Gasteiger charge is 2.30. The smallest absolute Gasteiger partial charge is 0.462 e. The van der Waals surface area contributed by atoms with E-state index in [1.54, 1.807) is 0 Å². The van der Waals surface area contributed by atoms with Gasteiger partial charge in [-0.05, 0) is 25.7 Å². The quantitative estimate of drug-likeness (QED) is 0.0222. The lowest BCUT2D eigenvalue weighted by atomic mass is 10.0. The highest BCUT2D eigenvalue weighted by molar-refractivity contribution is 7.47. The van der Waals surface area contributed by atoms with Crippen LogP contribution in [0.2, 0.25) is 0 Å². The summed E-state index contributed by atoms with van der Waals surface area (Å²) in [4.78, 5) is 72.3. The Morgan fingerprint density at radius 1 is 0.267 bits per heavy atom. The van der Waals surface area contributed by atoms with Crippen LogP contribution in [0.15, 0.2) is 0 Å². The van der Waals surface area contributed by atoms with Gasteiger partial charge < -0.3 is 33.8 Å². The highest BCUT2D eigenvalue weighted by atomic mass is 31.2. The van der Waals surface area contributed by atoms with E-state index in [1.807, 2.05) is 0 Å². The second-order valence-corrected chi connectivity index (χ2v) is 28.5. The van der Waals surface area contributed by atoms with Crippen molar-refractivity contribution >= 4 is 39.5 Å². The zero-order valence-corrected chi connectivity index (χ0v) is 59.9. The molecule has 0 aromatic heterocycles. The summed E-state index contributed by atoms with van der Waals surface area (Å²) in [5.41, 5.74) is 0. The summed E-state index contributed by atoms with van der Waals surface area (Å²) >= 11 is 0. The molecule has 17 nitrogen and oxygen atoms in total. The van der Waals surface area contributed by atoms with Crippen molar-refractivity contribution in [2.75, 3.05) is 39.6 Å². The van der Waals surface area contributed by atoms with Gasteiger partial charge in [-0.3, -0.25) is 37.3 Å². The van der Waals surface area contributed by atoms with Gasteiger partial charge in [0.15, 0.2) is 12.2 Å². The zero-order chi connectivity index (χ0) is 66.1. The van der Waals surface area contributed by atoms with Crippen molar-refractivity contribution in [1.29, 1.82) is 0 Å². The molecule has 2 unspecified atom stereocenters. The lowest BCUT2D eigenvalue weighted by Crippen LogP contribution is -2.30. The second-order valence-electron chi connectivity index (χ2n) is 25.6. The molecule has 534 valence electrons. The fraction of sp³-hybridized carbons (Fsp3) is 0.944. The molecular weight excluding hydrogens is 1190 g/mol. The molecule has 0 saturated carbocycles. The summed E-state index contributed by atoms with van der Waals surface area (Å²) in [6.07, 6.45) is 54.4. The van der Waals surface area contributed by atoms with Crippen LogP contribution in [0.25, 0.3) is 0 Å². The molecule has 0 spiro atoms. The maximum Gasteiger partial charge on any atom is 0.472 e. The van der Waals surface area contributed by atoms with Gasteiger partial charge in [-0.15, -0.1) is 0 Å². The van der Waals surface area contributed by atoms with Crippen molar-refractivity contribution in [3.05, 3.63) is 0 Å². The van der Waals surface area contributed by atoms with Crippen molar-refractivity contribution < 1.29 is 80.2 Å². The molecule has 0 aromatic rings. The van der Waals surface area contributed by atoms with Crippen LogP contribution in [0, 0.1) is 0 Å². The Morgan fingerprint density at radius 2 is 0.444 bits per heavy atom. The van der Waals surface area contributed by atoms with Crippen LogP contribution in [0.5, 0.6) is 0 Å². The number of hydrogen-bond donors (Lipinski definition) is 3. The number of unbranched alkanes of at least 4 members (excludes halogenated alkanes) is 46. The molecule has 0 aliphatic heterocycles. The molecule has 0 fully saturated rings. The van der Waals surface area contributed by atoms with E-state index in [4.69, 9.17) is 37.0 Å². The summed E-state index contributed by atoms with van der Waals surface area (Å²) in [5, 5.41) is 10.6. The predicted molar refractivity (Wildman–Crippen MR) is 363 cm³/mol. The summed E-state index contributed by atoms with van der Waals surface area (Å²) in [6, 6.07) is 0. The Balaban J connectivity index is 5.14. The van der Waals surface area contributed by atoms with Crippen molar-refractivity contribution in [2.45, 2.75) is 393 Å². The Labute approximate surface area is 549 Å². The minimum atomic E-state index is -4.95. The van der Waals surface area contributed by atoms with Gasteiger partial charge in [0.2, 0.25) is 0 Å².